The first-order chi connectivity index (χ1) is 21.5. The second-order valence-electron chi connectivity index (χ2n) is 13.2. The van der Waals surface area contributed by atoms with Crippen LogP contribution in [0.3, 0.4) is 0 Å². The van der Waals surface area contributed by atoms with E-state index >= 15 is 0 Å². The number of pyridine rings is 1. The molecule has 1 aliphatic heterocycles. The van der Waals surface area contributed by atoms with Crippen molar-refractivity contribution >= 4 is 28.9 Å². The molecule has 4 heterocycles. The fourth-order valence-electron chi connectivity index (χ4n) is 6.48. The summed E-state index contributed by atoms with van der Waals surface area (Å²) in [6.45, 7) is 17.9. The van der Waals surface area contributed by atoms with E-state index in [1.54, 1.807) is 0 Å². The van der Waals surface area contributed by atoms with Gasteiger partial charge in [0, 0.05) is 46.8 Å². The maximum Gasteiger partial charge on any atom is 0.237 e. The number of nitrogens with zero attached hydrogens (tertiary/aromatic N) is 4. The minimum atomic E-state index is 0.115. The van der Waals surface area contributed by atoms with Crippen LogP contribution < -0.4 is 9.46 Å². The summed E-state index contributed by atoms with van der Waals surface area (Å²) in [6.07, 6.45) is 3.99. The second kappa shape index (κ2) is 13.7. The summed E-state index contributed by atoms with van der Waals surface area (Å²) < 4.78 is 12.2. The first kappa shape index (κ1) is 32.6. The van der Waals surface area contributed by atoms with Crippen LogP contribution in [0.5, 0.6) is 5.88 Å². The van der Waals surface area contributed by atoms with E-state index in [1.165, 1.54) is 39.6 Å². The summed E-state index contributed by atoms with van der Waals surface area (Å²) in [4.78, 5) is 16.0. The van der Waals surface area contributed by atoms with Gasteiger partial charge in [0.15, 0.2) is 0 Å². The van der Waals surface area contributed by atoms with Gasteiger partial charge in [-0.15, -0.1) is 0 Å². The quantitative estimate of drug-likeness (QED) is 0.202. The van der Waals surface area contributed by atoms with E-state index in [1.807, 2.05) is 19.9 Å². The number of ether oxygens (including phenoxy) is 1. The van der Waals surface area contributed by atoms with Crippen LogP contribution in [-0.2, 0) is 13.5 Å². The van der Waals surface area contributed by atoms with Crippen LogP contribution in [0, 0.1) is 32.1 Å². The lowest BCUT2D eigenvalue weighted by Crippen LogP contribution is -2.27. The van der Waals surface area contributed by atoms with Gasteiger partial charge in [-0.05, 0) is 103 Å². The second-order valence-corrected chi connectivity index (χ2v) is 14.1. The first-order valence-electron chi connectivity index (χ1n) is 16.1. The maximum atomic E-state index is 6.63. The Morgan fingerprint density at radius 1 is 0.911 bits per heavy atom. The lowest BCUT2D eigenvalue weighted by Gasteiger charge is -2.33. The van der Waals surface area contributed by atoms with Crippen molar-refractivity contribution < 1.29 is 4.74 Å². The number of hydrogen-bond donors (Lipinski definition) is 1. The molecule has 45 heavy (non-hydrogen) atoms. The summed E-state index contributed by atoms with van der Waals surface area (Å²) in [5, 5.41) is 1.21. The predicted molar refractivity (Wildman–Crippen MR) is 189 cm³/mol. The summed E-state index contributed by atoms with van der Waals surface area (Å²) in [5.74, 6) is 1.59. The van der Waals surface area contributed by atoms with E-state index in [2.05, 4.69) is 119 Å². The van der Waals surface area contributed by atoms with Crippen molar-refractivity contribution in [2.24, 2.45) is 18.4 Å². The summed E-state index contributed by atoms with van der Waals surface area (Å²) in [7, 11) is 2.08. The minimum Gasteiger partial charge on any atom is -0.477 e. The van der Waals surface area contributed by atoms with Gasteiger partial charge in [0.2, 0.25) is 11.8 Å². The van der Waals surface area contributed by atoms with Crippen LogP contribution in [-0.4, -0.2) is 26.1 Å². The van der Waals surface area contributed by atoms with Crippen LogP contribution in [0.15, 0.2) is 71.8 Å². The zero-order valence-corrected chi connectivity index (χ0v) is 29.0. The fourth-order valence-corrected chi connectivity index (χ4v) is 7.12. The molecule has 0 spiro atoms. The average molecular weight is 622 g/mol. The zero-order chi connectivity index (χ0) is 32.3. The van der Waals surface area contributed by atoms with Crippen molar-refractivity contribution in [2.45, 2.75) is 79.0 Å². The Hall–Kier alpha value is -3.84. The van der Waals surface area contributed by atoms with Gasteiger partial charge in [-0.1, -0.05) is 65.0 Å². The number of benzene rings is 2. The van der Waals surface area contributed by atoms with E-state index < -0.39 is 0 Å². The van der Waals surface area contributed by atoms with Crippen LogP contribution in [0.2, 0.25) is 0 Å². The van der Waals surface area contributed by atoms with Gasteiger partial charge in [0.25, 0.3) is 0 Å². The molecule has 0 fully saturated rings. The Bertz CT molecular complexity index is 1770. The summed E-state index contributed by atoms with van der Waals surface area (Å²) in [6, 6.07) is 21.6. The molecule has 6 rings (SSSR count). The molecule has 3 aromatic heterocycles. The van der Waals surface area contributed by atoms with Gasteiger partial charge in [-0.3, -0.25) is 4.72 Å². The highest BCUT2D eigenvalue weighted by Gasteiger charge is 2.30. The normalized spacial score (nSPS) is 16.5. The van der Waals surface area contributed by atoms with Crippen LogP contribution in [0.4, 0.5) is 5.95 Å². The number of aromatic nitrogens is 4. The molecule has 6 nitrogen and oxygen atoms in total. The van der Waals surface area contributed by atoms with Gasteiger partial charge in [-0.25, -0.2) is 9.97 Å². The Kier molecular flexibility index (Phi) is 9.88. The van der Waals surface area contributed by atoms with Crippen molar-refractivity contribution in [3.8, 4) is 17.1 Å². The summed E-state index contributed by atoms with van der Waals surface area (Å²) in [5.41, 5.74) is 9.16. The van der Waals surface area contributed by atoms with E-state index in [-0.39, 0.29) is 17.3 Å². The van der Waals surface area contributed by atoms with Crippen molar-refractivity contribution in [1.82, 2.24) is 19.5 Å². The van der Waals surface area contributed by atoms with E-state index in [0.29, 0.717) is 18.4 Å². The van der Waals surface area contributed by atoms with Gasteiger partial charge in [0.05, 0.1) is 12.3 Å². The third kappa shape index (κ3) is 7.52. The lowest BCUT2D eigenvalue weighted by molar-refractivity contribution is 0.166. The molecule has 236 valence electrons. The monoisotopic (exact) mass is 621 g/mol. The molecule has 0 aliphatic carbocycles. The minimum absolute atomic E-state index is 0.115. The Balaban J connectivity index is 0.00000196. The molecule has 0 saturated heterocycles. The molecule has 0 saturated carbocycles. The number of fused-ring (bicyclic) bond motifs is 5. The van der Waals surface area contributed by atoms with E-state index in [0.717, 1.165) is 40.3 Å². The summed E-state index contributed by atoms with van der Waals surface area (Å²) >= 11 is 1.54. The van der Waals surface area contributed by atoms with Crippen LogP contribution in [0.1, 0.15) is 74.9 Å². The van der Waals surface area contributed by atoms with Gasteiger partial charge >= 0.3 is 0 Å². The number of nitrogens with one attached hydrogen (secondary N) is 1. The topological polar surface area (TPSA) is 64.9 Å². The molecule has 7 heteroatoms. The highest BCUT2D eigenvalue weighted by atomic mass is 32.2. The van der Waals surface area contributed by atoms with Crippen molar-refractivity contribution in [3.63, 3.8) is 0 Å². The molecule has 2 aromatic carbocycles. The van der Waals surface area contributed by atoms with Crippen LogP contribution in [0.25, 0.3) is 22.3 Å². The number of aryl methyl sites for hydroxylation is 4. The Morgan fingerprint density at radius 2 is 1.64 bits per heavy atom. The molecule has 2 unspecified atom stereocenters. The molecule has 5 aromatic rings. The van der Waals surface area contributed by atoms with Crippen molar-refractivity contribution in [2.75, 3.05) is 11.3 Å². The van der Waals surface area contributed by atoms with Gasteiger partial charge in [0.1, 0.15) is 5.65 Å². The number of rotatable bonds is 4. The zero-order valence-electron chi connectivity index (χ0n) is 28.2. The molecular formula is C38H47N5OS. The molecule has 4 bridgehead atoms. The molecule has 0 amide bonds. The number of anilines is 1. The molecule has 0 radical (unpaired) electrons. The lowest BCUT2D eigenvalue weighted by atomic mass is 9.74. The van der Waals surface area contributed by atoms with E-state index in [9.17, 15) is 0 Å². The third-order valence-corrected chi connectivity index (χ3v) is 9.16. The average Bonchev–Trinajstić information content (AvgIpc) is 3.29. The predicted octanol–water partition coefficient (Wildman–Crippen LogP) is 9.87. The molecule has 2 atom stereocenters. The molecule has 1 N–H and O–H groups in total. The van der Waals surface area contributed by atoms with Gasteiger partial charge in [-0.2, -0.15) is 4.98 Å². The van der Waals surface area contributed by atoms with Crippen molar-refractivity contribution in [1.29, 1.82) is 0 Å². The van der Waals surface area contributed by atoms with Crippen molar-refractivity contribution in [3.05, 3.63) is 94.8 Å². The SMILES string of the molecule is CC.Cc1cccc(C)c1-c1cc2nc(n1)NSc1cccc(c1)C(Cc1ccc3c(C)cn(C)c3n1)C(CC(C)(C)C)CO2. The first-order valence-corrected chi connectivity index (χ1v) is 16.9. The third-order valence-electron chi connectivity index (χ3n) is 8.38. The Labute approximate surface area is 273 Å². The van der Waals surface area contributed by atoms with Gasteiger partial charge < -0.3 is 9.30 Å². The smallest absolute Gasteiger partial charge is 0.237 e. The Morgan fingerprint density at radius 3 is 2.38 bits per heavy atom. The fraction of sp³-hybridized carbons (Fsp3) is 0.395. The molecular weight excluding hydrogens is 575 g/mol. The standard InChI is InChI=1S/C36H41N5OS.C2H6/c1-22-10-8-11-23(2)33(22)31-18-32-39-35(38-31)40-43-28-13-9-12-25(16-28)30(26(21-42-32)19-36(4,5)6)17-27-14-15-29-24(3)20-41(7)34(29)37-27;1-2/h8-16,18,20,26,30H,17,19,21H2,1-7H3,(H,38,39,40);1-2H3. The van der Waals surface area contributed by atoms with Crippen LogP contribution >= 0.6 is 11.9 Å². The van der Waals surface area contributed by atoms with E-state index in [4.69, 9.17) is 19.7 Å². The maximum absolute atomic E-state index is 6.63. The highest BCUT2D eigenvalue weighted by molar-refractivity contribution is 8.00. The number of hydrogen-bond acceptors (Lipinski definition) is 6. The largest absolute Gasteiger partial charge is 0.477 e. The molecule has 1 aliphatic rings. The highest BCUT2D eigenvalue weighted by Crippen LogP contribution is 2.39.